The molecule has 2 aromatic carbocycles. The number of carbonyl (C=O) groups is 1. The molecule has 3 nitrogen and oxygen atoms in total. The van der Waals surface area contributed by atoms with Gasteiger partial charge in [-0.25, -0.2) is 4.79 Å². The molecule has 0 amide bonds. The van der Waals surface area contributed by atoms with Crippen molar-refractivity contribution in [2.75, 3.05) is 0 Å². The minimum atomic E-state index is -0.943. The number of hydrogen-bond donors (Lipinski definition) is 1. The van der Waals surface area contributed by atoms with Gasteiger partial charge >= 0.3 is 5.97 Å². The molecular formula is C14H10Br2O3. The topological polar surface area (TPSA) is 46.5 Å². The molecule has 0 heterocycles. The average molecular weight is 386 g/mol. The zero-order valence-corrected chi connectivity index (χ0v) is 12.9. The first kappa shape index (κ1) is 14.1. The molecule has 0 unspecified atom stereocenters. The second-order valence-electron chi connectivity index (χ2n) is 3.85. The van der Waals surface area contributed by atoms with Crippen LogP contribution in [0.4, 0.5) is 0 Å². The number of aromatic carboxylic acids is 1. The number of ether oxygens (including phenoxy) is 1. The molecule has 0 spiro atoms. The van der Waals surface area contributed by atoms with Gasteiger partial charge in [-0.1, -0.05) is 37.9 Å². The average Bonchev–Trinajstić information content (AvgIpc) is 2.39. The Morgan fingerprint density at radius 1 is 1.11 bits per heavy atom. The normalized spacial score (nSPS) is 10.2. The zero-order valence-electron chi connectivity index (χ0n) is 9.77. The Kier molecular flexibility index (Phi) is 4.61. The second-order valence-corrected chi connectivity index (χ2v) is 5.62. The van der Waals surface area contributed by atoms with Crippen molar-refractivity contribution in [3.05, 3.63) is 62.5 Å². The van der Waals surface area contributed by atoms with Crippen molar-refractivity contribution in [1.29, 1.82) is 0 Å². The van der Waals surface area contributed by atoms with Gasteiger partial charge in [0.15, 0.2) is 0 Å². The Morgan fingerprint density at radius 2 is 1.79 bits per heavy atom. The van der Waals surface area contributed by atoms with E-state index in [-0.39, 0.29) is 5.56 Å². The van der Waals surface area contributed by atoms with E-state index in [2.05, 4.69) is 31.9 Å². The Hall–Kier alpha value is -1.33. The molecule has 0 saturated carbocycles. The molecule has 5 heteroatoms. The van der Waals surface area contributed by atoms with Gasteiger partial charge in [-0.3, -0.25) is 0 Å². The fourth-order valence-corrected chi connectivity index (χ4v) is 2.25. The summed E-state index contributed by atoms with van der Waals surface area (Å²) in [5, 5.41) is 8.88. The standard InChI is InChI=1S/C14H10Br2O3/c15-11-3-5-12(6-4-11)19-8-10-2-1-9(14(17)18)7-13(10)16/h1-7H,8H2,(H,17,18). The molecule has 0 bridgehead atoms. The smallest absolute Gasteiger partial charge is 0.335 e. The summed E-state index contributed by atoms with van der Waals surface area (Å²) >= 11 is 6.71. The van der Waals surface area contributed by atoms with Crippen molar-refractivity contribution in [1.82, 2.24) is 0 Å². The third-order valence-electron chi connectivity index (χ3n) is 2.51. The van der Waals surface area contributed by atoms with E-state index in [0.29, 0.717) is 6.61 Å². The number of carboxylic acid groups (broad SMARTS) is 1. The van der Waals surface area contributed by atoms with Gasteiger partial charge in [-0.15, -0.1) is 0 Å². The highest BCUT2D eigenvalue weighted by Crippen LogP contribution is 2.22. The summed E-state index contributed by atoms with van der Waals surface area (Å²) in [6, 6.07) is 12.4. The van der Waals surface area contributed by atoms with Gasteiger partial charge < -0.3 is 9.84 Å². The molecule has 0 fully saturated rings. The first-order valence-corrected chi connectivity index (χ1v) is 7.05. The minimum absolute atomic E-state index is 0.249. The van der Waals surface area contributed by atoms with E-state index in [4.69, 9.17) is 9.84 Å². The molecule has 19 heavy (non-hydrogen) atoms. The molecule has 0 radical (unpaired) electrons. The minimum Gasteiger partial charge on any atom is -0.489 e. The van der Waals surface area contributed by atoms with Crippen LogP contribution in [-0.4, -0.2) is 11.1 Å². The number of halogens is 2. The van der Waals surface area contributed by atoms with E-state index in [1.54, 1.807) is 18.2 Å². The zero-order chi connectivity index (χ0) is 13.8. The Balaban J connectivity index is 2.07. The Morgan fingerprint density at radius 3 is 2.37 bits per heavy atom. The summed E-state index contributed by atoms with van der Waals surface area (Å²) < 4.78 is 7.35. The van der Waals surface area contributed by atoms with Crippen LogP contribution in [0.1, 0.15) is 15.9 Å². The van der Waals surface area contributed by atoms with E-state index in [9.17, 15) is 4.79 Å². The molecule has 1 N–H and O–H groups in total. The fourth-order valence-electron chi connectivity index (χ4n) is 1.49. The van der Waals surface area contributed by atoms with E-state index >= 15 is 0 Å². The number of hydrogen-bond acceptors (Lipinski definition) is 2. The molecule has 0 aliphatic heterocycles. The van der Waals surface area contributed by atoms with E-state index in [0.717, 1.165) is 20.3 Å². The van der Waals surface area contributed by atoms with Crippen LogP contribution in [0.25, 0.3) is 0 Å². The summed E-state index contributed by atoms with van der Waals surface area (Å²) in [5.41, 5.74) is 1.15. The maximum absolute atomic E-state index is 10.8. The van der Waals surface area contributed by atoms with Crippen molar-refractivity contribution in [2.24, 2.45) is 0 Å². The lowest BCUT2D eigenvalue weighted by atomic mass is 10.1. The summed E-state index contributed by atoms with van der Waals surface area (Å²) in [6.07, 6.45) is 0. The van der Waals surface area contributed by atoms with Gasteiger partial charge in [0.25, 0.3) is 0 Å². The van der Waals surface area contributed by atoms with Gasteiger partial charge in [0.05, 0.1) is 5.56 Å². The number of rotatable bonds is 4. The molecule has 0 atom stereocenters. The third-order valence-corrected chi connectivity index (χ3v) is 3.77. The Labute approximate surface area is 127 Å². The highest BCUT2D eigenvalue weighted by molar-refractivity contribution is 9.10. The summed E-state index contributed by atoms with van der Waals surface area (Å²) in [4.78, 5) is 10.8. The molecule has 0 aromatic heterocycles. The van der Waals surface area contributed by atoms with Gasteiger partial charge in [0.2, 0.25) is 0 Å². The summed E-state index contributed by atoms with van der Waals surface area (Å²) in [6.45, 7) is 0.377. The van der Waals surface area contributed by atoms with Crippen LogP contribution in [0.5, 0.6) is 5.75 Å². The lowest BCUT2D eigenvalue weighted by Gasteiger charge is -2.08. The van der Waals surface area contributed by atoms with E-state index in [1.165, 1.54) is 0 Å². The van der Waals surface area contributed by atoms with Crippen molar-refractivity contribution < 1.29 is 14.6 Å². The predicted molar refractivity (Wildman–Crippen MR) is 79.6 cm³/mol. The largest absolute Gasteiger partial charge is 0.489 e. The summed E-state index contributed by atoms with van der Waals surface area (Å²) in [5.74, 6) is -0.182. The van der Waals surface area contributed by atoms with Gasteiger partial charge in [-0.05, 0) is 36.4 Å². The molecule has 0 aliphatic rings. The van der Waals surface area contributed by atoms with Crippen molar-refractivity contribution in [3.63, 3.8) is 0 Å². The molecule has 2 aromatic rings. The molecule has 2 rings (SSSR count). The molecular weight excluding hydrogens is 376 g/mol. The van der Waals surface area contributed by atoms with Crippen LogP contribution in [0.15, 0.2) is 51.4 Å². The van der Waals surface area contributed by atoms with Gasteiger partial charge in [0.1, 0.15) is 12.4 Å². The Bertz CT molecular complexity index is 594. The van der Waals surface area contributed by atoms with Crippen molar-refractivity contribution in [2.45, 2.75) is 6.61 Å². The number of benzene rings is 2. The third kappa shape index (κ3) is 3.81. The van der Waals surface area contributed by atoms with Crippen LogP contribution in [0.2, 0.25) is 0 Å². The fraction of sp³-hybridized carbons (Fsp3) is 0.0714. The maximum atomic E-state index is 10.8. The monoisotopic (exact) mass is 384 g/mol. The van der Waals surface area contributed by atoms with Gasteiger partial charge in [0, 0.05) is 14.5 Å². The van der Waals surface area contributed by atoms with E-state index < -0.39 is 5.97 Å². The van der Waals surface area contributed by atoms with Crippen LogP contribution in [0, 0.1) is 0 Å². The number of carboxylic acids is 1. The van der Waals surface area contributed by atoms with Gasteiger partial charge in [-0.2, -0.15) is 0 Å². The molecule has 0 saturated heterocycles. The first-order chi connectivity index (χ1) is 9.06. The summed E-state index contributed by atoms with van der Waals surface area (Å²) in [7, 11) is 0. The van der Waals surface area contributed by atoms with Crippen molar-refractivity contribution in [3.8, 4) is 5.75 Å². The van der Waals surface area contributed by atoms with Crippen molar-refractivity contribution >= 4 is 37.8 Å². The van der Waals surface area contributed by atoms with Crippen LogP contribution < -0.4 is 4.74 Å². The maximum Gasteiger partial charge on any atom is 0.335 e. The predicted octanol–water partition coefficient (Wildman–Crippen LogP) is 4.49. The quantitative estimate of drug-likeness (QED) is 0.843. The molecule has 98 valence electrons. The van der Waals surface area contributed by atoms with Crippen LogP contribution >= 0.6 is 31.9 Å². The lowest BCUT2D eigenvalue weighted by Crippen LogP contribution is -2.00. The SMILES string of the molecule is O=C(O)c1ccc(COc2ccc(Br)cc2)c(Br)c1. The molecule has 0 aliphatic carbocycles. The van der Waals surface area contributed by atoms with Crippen LogP contribution in [0.3, 0.4) is 0 Å². The lowest BCUT2D eigenvalue weighted by molar-refractivity contribution is 0.0696. The first-order valence-electron chi connectivity index (χ1n) is 5.46. The van der Waals surface area contributed by atoms with E-state index in [1.807, 2.05) is 24.3 Å². The highest BCUT2D eigenvalue weighted by atomic mass is 79.9. The van der Waals surface area contributed by atoms with Crippen LogP contribution in [-0.2, 0) is 6.61 Å². The second kappa shape index (κ2) is 6.21. The highest BCUT2D eigenvalue weighted by Gasteiger charge is 2.07.